The molecule has 0 saturated carbocycles. The van der Waals surface area contributed by atoms with E-state index in [9.17, 15) is 9.59 Å². The molecule has 0 fully saturated rings. The van der Waals surface area contributed by atoms with E-state index in [1.807, 2.05) is 67.2 Å². The minimum Gasteiger partial charge on any atom is -0.347 e. The third kappa shape index (κ3) is 4.01. The van der Waals surface area contributed by atoms with Crippen molar-refractivity contribution >= 4 is 23.2 Å². The number of hydrogen-bond acceptors (Lipinski definition) is 2. The van der Waals surface area contributed by atoms with E-state index in [0.717, 1.165) is 30.6 Å². The van der Waals surface area contributed by atoms with Crippen LogP contribution in [0.25, 0.3) is 0 Å². The van der Waals surface area contributed by atoms with E-state index >= 15 is 0 Å². The minimum atomic E-state index is -0.0392. The van der Waals surface area contributed by atoms with Crippen molar-refractivity contribution in [2.45, 2.75) is 26.2 Å². The molecule has 1 atom stereocenters. The van der Waals surface area contributed by atoms with Gasteiger partial charge in [0.25, 0.3) is 5.91 Å². The van der Waals surface area contributed by atoms with E-state index in [0.29, 0.717) is 12.2 Å². The van der Waals surface area contributed by atoms with Crippen molar-refractivity contribution in [3.05, 3.63) is 83.7 Å². The molecule has 0 spiro atoms. The second kappa shape index (κ2) is 8.57. The minimum absolute atomic E-state index is 0.00867. The number of anilines is 2. The van der Waals surface area contributed by atoms with Crippen molar-refractivity contribution in [1.82, 2.24) is 4.57 Å². The van der Waals surface area contributed by atoms with Gasteiger partial charge >= 0.3 is 0 Å². The van der Waals surface area contributed by atoms with E-state index in [1.165, 1.54) is 11.1 Å². The normalized spacial score (nSPS) is 15.3. The summed E-state index contributed by atoms with van der Waals surface area (Å²) in [5, 5.41) is 3.05. The van der Waals surface area contributed by atoms with Crippen molar-refractivity contribution in [2.75, 3.05) is 16.8 Å². The molecule has 0 radical (unpaired) electrons. The molecule has 154 valence electrons. The quantitative estimate of drug-likeness (QED) is 0.687. The van der Waals surface area contributed by atoms with Gasteiger partial charge in [-0.1, -0.05) is 24.3 Å². The van der Waals surface area contributed by atoms with Crippen LogP contribution in [-0.2, 0) is 24.7 Å². The van der Waals surface area contributed by atoms with Crippen LogP contribution < -0.4 is 10.2 Å². The van der Waals surface area contributed by atoms with Crippen LogP contribution in [0.1, 0.15) is 35.0 Å². The molecule has 3 aromatic rings. The summed E-state index contributed by atoms with van der Waals surface area (Å²) in [6, 6.07) is 19.6. The summed E-state index contributed by atoms with van der Waals surface area (Å²) >= 11 is 0. The number of aryl methyl sites for hydroxylation is 2. The van der Waals surface area contributed by atoms with E-state index in [2.05, 4.69) is 23.5 Å². The Balaban J connectivity index is 1.43. The summed E-state index contributed by atoms with van der Waals surface area (Å²) in [6.45, 7) is 2.52. The summed E-state index contributed by atoms with van der Waals surface area (Å²) < 4.78 is 1.82. The molecule has 4 rings (SSSR count). The first-order chi connectivity index (χ1) is 14.6. The average Bonchev–Trinajstić information content (AvgIpc) is 3.20. The van der Waals surface area contributed by atoms with Gasteiger partial charge in [-0.2, -0.15) is 0 Å². The van der Waals surface area contributed by atoms with Crippen LogP contribution in [0.3, 0.4) is 0 Å². The second-order valence-electron chi connectivity index (χ2n) is 7.80. The van der Waals surface area contributed by atoms with Gasteiger partial charge in [0.15, 0.2) is 0 Å². The number of amides is 2. The van der Waals surface area contributed by atoms with Gasteiger partial charge in [0.05, 0.1) is 0 Å². The first-order valence-corrected chi connectivity index (χ1v) is 10.5. The molecule has 1 N–H and O–H groups in total. The van der Waals surface area contributed by atoms with Crippen molar-refractivity contribution in [1.29, 1.82) is 0 Å². The number of fused-ring (bicyclic) bond motifs is 1. The number of carbonyl (C=O) groups excluding carboxylic acids is 2. The fraction of sp³-hybridized carbons (Fsp3) is 0.280. The summed E-state index contributed by atoms with van der Waals surface area (Å²) in [7, 11) is 1.86. The molecular weight excluding hydrogens is 374 g/mol. The fourth-order valence-corrected chi connectivity index (χ4v) is 4.16. The van der Waals surface area contributed by atoms with Crippen LogP contribution in [-0.4, -0.2) is 22.9 Å². The second-order valence-corrected chi connectivity index (χ2v) is 7.80. The summed E-state index contributed by atoms with van der Waals surface area (Å²) in [5.41, 5.74) is 4.84. The van der Waals surface area contributed by atoms with Crippen LogP contribution in [0.15, 0.2) is 66.9 Å². The highest BCUT2D eigenvalue weighted by Crippen LogP contribution is 2.27. The summed E-state index contributed by atoms with van der Waals surface area (Å²) in [6.07, 6.45) is 4.47. The molecule has 1 aliphatic carbocycles. The zero-order valence-corrected chi connectivity index (χ0v) is 17.5. The lowest BCUT2D eigenvalue weighted by Gasteiger charge is -2.24. The first-order valence-electron chi connectivity index (χ1n) is 10.5. The van der Waals surface area contributed by atoms with Crippen molar-refractivity contribution in [2.24, 2.45) is 13.0 Å². The van der Waals surface area contributed by atoms with Crippen LogP contribution in [0.5, 0.6) is 0 Å². The lowest BCUT2D eigenvalue weighted by atomic mass is 9.83. The molecule has 0 bridgehead atoms. The number of nitrogens with one attached hydrogen (secondary N) is 1. The predicted octanol–water partition coefficient (Wildman–Crippen LogP) is 4.44. The zero-order chi connectivity index (χ0) is 21.1. The van der Waals surface area contributed by atoms with Crippen molar-refractivity contribution in [3.8, 4) is 0 Å². The van der Waals surface area contributed by atoms with E-state index < -0.39 is 0 Å². The molecule has 30 heavy (non-hydrogen) atoms. The SMILES string of the molecule is CCN(C(=O)c1cccn1C)c1ccc(NC(=O)C2CCc3ccccc3C2)cc1. The highest BCUT2D eigenvalue weighted by atomic mass is 16.2. The van der Waals surface area contributed by atoms with Crippen LogP contribution in [0.4, 0.5) is 11.4 Å². The highest BCUT2D eigenvalue weighted by Gasteiger charge is 2.24. The molecule has 5 nitrogen and oxygen atoms in total. The first kappa shape index (κ1) is 20.0. The van der Waals surface area contributed by atoms with Gasteiger partial charge in [0.1, 0.15) is 5.69 Å². The summed E-state index contributed by atoms with van der Waals surface area (Å²) in [4.78, 5) is 27.4. The van der Waals surface area contributed by atoms with E-state index in [4.69, 9.17) is 0 Å². The Morgan fingerprint density at radius 3 is 2.43 bits per heavy atom. The number of hydrogen-bond donors (Lipinski definition) is 1. The largest absolute Gasteiger partial charge is 0.347 e. The van der Waals surface area contributed by atoms with E-state index in [1.54, 1.807) is 4.90 Å². The van der Waals surface area contributed by atoms with Crippen LogP contribution in [0.2, 0.25) is 0 Å². The zero-order valence-electron chi connectivity index (χ0n) is 17.5. The maximum absolute atomic E-state index is 12.9. The van der Waals surface area contributed by atoms with Gasteiger partial charge in [0, 0.05) is 37.1 Å². The lowest BCUT2D eigenvalue weighted by molar-refractivity contribution is -0.120. The topological polar surface area (TPSA) is 54.3 Å². The Morgan fingerprint density at radius 2 is 1.77 bits per heavy atom. The van der Waals surface area contributed by atoms with Gasteiger partial charge in [-0.3, -0.25) is 9.59 Å². The molecular formula is C25H27N3O2. The van der Waals surface area contributed by atoms with Crippen molar-refractivity contribution in [3.63, 3.8) is 0 Å². The number of rotatable bonds is 5. The number of benzene rings is 2. The molecule has 0 saturated heterocycles. The van der Waals surface area contributed by atoms with Gasteiger partial charge in [-0.15, -0.1) is 0 Å². The van der Waals surface area contributed by atoms with Gasteiger partial charge in [-0.05, 0) is 73.7 Å². The smallest absolute Gasteiger partial charge is 0.274 e. The standard InChI is InChI=1S/C25H27N3O2/c1-3-28(25(30)23-9-6-16-27(23)2)22-14-12-21(13-15-22)26-24(29)20-11-10-18-7-4-5-8-19(18)17-20/h4-9,12-16,20H,3,10-11,17H2,1-2H3,(H,26,29). The molecule has 1 aromatic heterocycles. The lowest BCUT2D eigenvalue weighted by Crippen LogP contribution is -2.32. The molecule has 1 unspecified atom stereocenters. The maximum Gasteiger partial charge on any atom is 0.274 e. The molecule has 2 amide bonds. The number of aromatic nitrogens is 1. The van der Waals surface area contributed by atoms with Gasteiger partial charge in [-0.25, -0.2) is 0 Å². The third-order valence-electron chi connectivity index (χ3n) is 5.89. The Morgan fingerprint density at radius 1 is 1.03 bits per heavy atom. The molecule has 5 heteroatoms. The molecule has 1 heterocycles. The monoisotopic (exact) mass is 401 g/mol. The third-order valence-corrected chi connectivity index (χ3v) is 5.89. The van der Waals surface area contributed by atoms with Gasteiger partial charge < -0.3 is 14.8 Å². The average molecular weight is 402 g/mol. The van der Waals surface area contributed by atoms with Crippen LogP contribution in [0, 0.1) is 5.92 Å². The fourth-order valence-electron chi connectivity index (χ4n) is 4.16. The maximum atomic E-state index is 12.9. The Kier molecular flexibility index (Phi) is 5.70. The predicted molar refractivity (Wildman–Crippen MR) is 120 cm³/mol. The van der Waals surface area contributed by atoms with Crippen molar-refractivity contribution < 1.29 is 9.59 Å². The molecule has 1 aliphatic rings. The summed E-state index contributed by atoms with van der Waals surface area (Å²) in [5.74, 6) is 0.0118. The Labute approximate surface area is 177 Å². The van der Waals surface area contributed by atoms with E-state index in [-0.39, 0.29) is 17.7 Å². The highest BCUT2D eigenvalue weighted by molar-refractivity contribution is 6.05. The Hall–Kier alpha value is -3.34. The molecule has 0 aliphatic heterocycles. The number of nitrogens with zero attached hydrogens (tertiary/aromatic N) is 2. The van der Waals surface area contributed by atoms with Crippen LogP contribution >= 0.6 is 0 Å². The molecule has 2 aromatic carbocycles. The Bertz CT molecular complexity index is 1050. The number of carbonyl (C=O) groups is 2. The van der Waals surface area contributed by atoms with Gasteiger partial charge in [0.2, 0.25) is 5.91 Å².